The van der Waals surface area contributed by atoms with Crippen LogP contribution in [0.4, 0.5) is 0 Å². The molecule has 0 saturated carbocycles. The lowest BCUT2D eigenvalue weighted by Gasteiger charge is -2.11. The Kier molecular flexibility index (Phi) is 6.41. The maximum atomic E-state index is 12.3. The number of carbonyl (C=O) groups is 1. The topological polar surface area (TPSA) is 72.7 Å². The first-order valence-electron chi connectivity index (χ1n) is 9.26. The number of amides is 1. The van der Waals surface area contributed by atoms with Gasteiger partial charge in [-0.15, -0.1) is 10.2 Å². The number of thioether (sulfide) groups is 1. The van der Waals surface area contributed by atoms with Gasteiger partial charge in [0.2, 0.25) is 5.91 Å². The fourth-order valence-electron chi connectivity index (χ4n) is 2.87. The zero-order valence-corrected chi connectivity index (χ0v) is 17.5. The highest BCUT2D eigenvalue weighted by molar-refractivity contribution is 7.99. The van der Waals surface area contributed by atoms with Crippen molar-refractivity contribution in [2.24, 2.45) is 0 Å². The van der Waals surface area contributed by atoms with Gasteiger partial charge < -0.3 is 5.32 Å². The van der Waals surface area contributed by atoms with Gasteiger partial charge in [-0.2, -0.15) is 0 Å². The maximum Gasteiger partial charge on any atom is 0.230 e. The number of para-hydroxylation sites is 1. The molecule has 8 heteroatoms. The average molecular weight is 436 g/mol. The molecule has 1 N–H and O–H groups in total. The summed E-state index contributed by atoms with van der Waals surface area (Å²) in [6.45, 7) is 0.434. The highest BCUT2D eigenvalue weighted by atomic mass is 35.5. The van der Waals surface area contributed by atoms with E-state index in [9.17, 15) is 4.79 Å². The lowest BCUT2D eigenvalue weighted by atomic mass is 10.2. The van der Waals surface area contributed by atoms with Gasteiger partial charge in [0.1, 0.15) is 0 Å². The van der Waals surface area contributed by atoms with Crippen molar-refractivity contribution in [2.45, 2.75) is 11.7 Å². The first kappa shape index (κ1) is 20.1. The number of pyridine rings is 1. The number of aromatic nitrogens is 4. The second kappa shape index (κ2) is 9.56. The van der Waals surface area contributed by atoms with Crippen LogP contribution >= 0.6 is 23.4 Å². The molecular weight excluding hydrogens is 418 g/mol. The summed E-state index contributed by atoms with van der Waals surface area (Å²) in [6.07, 6.45) is 3.43. The Balaban J connectivity index is 1.55. The molecule has 0 spiro atoms. The molecule has 2 aromatic carbocycles. The zero-order valence-electron chi connectivity index (χ0n) is 15.9. The van der Waals surface area contributed by atoms with Crippen LogP contribution in [0.25, 0.3) is 17.1 Å². The minimum Gasteiger partial charge on any atom is -0.351 e. The highest BCUT2D eigenvalue weighted by Gasteiger charge is 2.18. The molecule has 1 amide bonds. The van der Waals surface area contributed by atoms with Crippen molar-refractivity contribution < 1.29 is 4.79 Å². The molecule has 0 atom stereocenters. The van der Waals surface area contributed by atoms with Crippen molar-refractivity contribution in [1.29, 1.82) is 0 Å². The van der Waals surface area contributed by atoms with Crippen LogP contribution in [0, 0.1) is 0 Å². The van der Waals surface area contributed by atoms with E-state index in [0.29, 0.717) is 22.5 Å². The number of rotatable bonds is 7. The predicted molar refractivity (Wildman–Crippen MR) is 119 cm³/mol. The van der Waals surface area contributed by atoms with E-state index in [1.165, 1.54) is 11.8 Å². The van der Waals surface area contributed by atoms with Crippen molar-refractivity contribution in [3.63, 3.8) is 0 Å². The number of nitrogens with zero attached hydrogens (tertiary/aromatic N) is 4. The summed E-state index contributed by atoms with van der Waals surface area (Å²) in [6, 6.07) is 21.0. The number of hydrogen-bond donors (Lipinski definition) is 1. The number of hydrogen-bond acceptors (Lipinski definition) is 5. The molecule has 2 aromatic heterocycles. The van der Waals surface area contributed by atoms with Gasteiger partial charge in [0, 0.05) is 30.2 Å². The van der Waals surface area contributed by atoms with Gasteiger partial charge in [-0.05, 0) is 35.9 Å². The quantitative estimate of drug-likeness (QED) is 0.436. The summed E-state index contributed by atoms with van der Waals surface area (Å²) in [7, 11) is 0. The zero-order chi connectivity index (χ0) is 20.8. The number of carbonyl (C=O) groups excluding carboxylic acids is 1. The van der Waals surface area contributed by atoms with Crippen molar-refractivity contribution >= 4 is 29.3 Å². The van der Waals surface area contributed by atoms with Gasteiger partial charge >= 0.3 is 0 Å². The molecule has 0 unspecified atom stereocenters. The Morgan fingerprint density at radius 3 is 2.57 bits per heavy atom. The molecule has 0 aliphatic carbocycles. The third kappa shape index (κ3) is 4.69. The Morgan fingerprint density at radius 1 is 1.00 bits per heavy atom. The summed E-state index contributed by atoms with van der Waals surface area (Å²) >= 11 is 7.72. The van der Waals surface area contributed by atoms with Crippen LogP contribution in [-0.2, 0) is 11.3 Å². The van der Waals surface area contributed by atoms with Crippen LogP contribution in [-0.4, -0.2) is 31.4 Å². The first-order chi connectivity index (χ1) is 14.7. The molecule has 0 saturated heterocycles. The monoisotopic (exact) mass is 435 g/mol. The normalized spacial score (nSPS) is 10.7. The standard InChI is InChI=1S/C22H18ClN5OS/c23-19-11-5-4-10-18(19)21-26-27-22(28(21)17-8-2-1-3-9-17)30-15-20(29)25-14-16-7-6-12-24-13-16/h1-13H,14-15H2,(H,25,29). The minimum absolute atomic E-state index is 0.0919. The van der Waals surface area contributed by atoms with Crippen LogP contribution in [0.1, 0.15) is 5.56 Å². The molecule has 4 rings (SSSR count). The van der Waals surface area contributed by atoms with E-state index >= 15 is 0 Å². The van der Waals surface area contributed by atoms with Gasteiger partial charge in [0.15, 0.2) is 11.0 Å². The van der Waals surface area contributed by atoms with E-state index in [2.05, 4.69) is 20.5 Å². The third-order valence-electron chi connectivity index (χ3n) is 4.31. The molecule has 0 aliphatic rings. The van der Waals surface area contributed by atoms with E-state index in [1.807, 2.05) is 71.3 Å². The SMILES string of the molecule is O=C(CSc1nnc(-c2ccccc2Cl)n1-c1ccccc1)NCc1cccnc1. The van der Waals surface area contributed by atoms with Crippen LogP contribution in [0.5, 0.6) is 0 Å². The minimum atomic E-state index is -0.0919. The number of benzene rings is 2. The van der Waals surface area contributed by atoms with Crippen molar-refractivity contribution in [3.8, 4) is 17.1 Å². The lowest BCUT2D eigenvalue weighted by Crippen LogP contribution is -2.24. The summed E-state index contributed by atoms with van der Waals surface area (Å²) in [5.74, 6) is 0.754. The fraction of sp³-hybridized carbons (Fsp3) is 0.0909. The van der Waals surface area contributed by atoms with Crippen molar-refractivity contribution in [3.05, 3.63) is 89.7 Å². The van der Waals surface area contributed by atoms with Gasteiger partial charge in [0.05, 0.1) is 10.8 Å². The Bertz CT molecular complexity index is 1130. The van der Waals surface area contributed by atoms with Crippen LogP contribution in [0.2, 0.25) is 5.02 Å². The second-order valence-corrected chi connectivity index (χ2v) is 7.73. The van der Waals surface area contributed by atoms with E-state index in [4.69, 9.17) is 11.6 Å². The second-order valence-electron chi connectivity index (χ2n) is 6.38. The van der Waals surface area contributed by atoms with Crippen LogP contribution in [0.3, 0.4) is 0 Å². The van der Waals surface area contributed by atoms with Crippen LogP contribution < -0.4 is 5.32 Å². The Hall–Kier alpha value is -3.16. The van der Waals surface area contributed by atoms with Crippen molar-refractivity contribution in [1.82, 2.24) is 25.1 Å². The molecule has 0 fully saturated rings. The largest absolute Gasteiger partial charge is 0.351 e. The highest BCUT2D eigenvalue weighted by Crippen LogP contribution is 2.31. The molecule has 0 bridgehead atoms. The summed E-state index contributed by atoms with van der Waals surface area (Å²) in [5.41, 5.74) is 2.63. The molecule has 4 aromatic rings. The van der Waals surface area contributed by atoms with E-state index in [1.54, 1.807) is 12.4 Å². The van der Waals surface area contributed by atoms with Gasteiger partial charge in [-0.25, -0.2) is 0 Å². The molecular formula is C22H18ClN5OS. The molecule has 150 valence electrons. The molecule has 2 heterocycles. The fourth-order valence-corrected chi connectivity index (χ4v) is 3.88. The van der Waals surface area contributed by atoms with E-state index in [-0.39, 0.29) is 11.7 Å². The Morgan fingerprint density at radius 2 is 1.80 bits per heavy atom. The van der Waals surface area contributed by atoms with E-state index < -0.39 is 0 Å². The molecule has 0 aliphatic heterocycles. The number of halogens is 1. The predicted octanol–water partition coefficient (Wildman–Crippen LogP) is 4.39. The van der Waals surface area contributed by atoms with Gasteiger partial charge in [-0.3, -0.25) is 14.3 Å². The Labute approximate surface area is 183 Å². The summed E-state index contributed by atoms with van der Waals surface area (Å²) in [4.78, 5) is 16.4. The average Bonchev–Trinajstić information content (AvgIpc) is 3.21. The lowest BCUT2D eigenvalue weighted by molar-refractivity contribution is -0.118. The third-order valence-corrected chi connectivity index (χ3v) is 5.57. The summed E-state index contributed by atoms with van der Waals surface area (Å²) < 4.78 is 1.92. The van der Waals surface area contributed by atoms with E-state index in [0.717, 1.165) is 16.8 Å². The first-order valence-corrected chi connectivity index (χ1v) is 10.6. The van der Waals surface area contributed by atoms with Crippen LogP contribution in [0.15, 0.2) is 84.3 Å². The molecule has 6 nitrogen and oxygen atoms in total. The summed E-state index contributed by atoms with van der Waals surface area (Å²) in [5, 5.41) is 12.8. The molecule has 30 heavy (non-hydrogen) atoms. The smallest absolute Gasteiger partial charge is 0.230 e. The number of nitrogens with one attached hydrogen (secondary N) is 1. The van der Waals surface area contributed by atoms with Gasteiger partial charge in [0.25, 0.3) is 0 Å². The molecule has 0 radical (unpaired) electrons. The van der Waals surface area contributed by atoms with Gasteiger partial charge in [-0.1, -0.05) is 59.8 Å². The van der Waals surface area contributed by atoms with Crippen molar-refractivity contribution in [2.75, 3.05) is 5.75 Å². The maximum absolute atomic E-state index is 12.3.